The molecule has 0 aromatic heterocycles. The summed E-state index contributed by atoms with van der Waals surface area (Å²) in [5.41, 5.74) is 0.910. The second-order valence-corrected chi connectivity index (χ2v) is 8.81. The number of nitro benzene ring substituents is 1. The molecule has 0 saturated carbocycles. The van der Waals surface area contributed by atoms with Crippen LogP contribution in [0.5, 0.6) is 5.75 Å². The van der Waals surface area contributed by atoms with Gasteiger partial charge >= 0.3 is 0 Å². The van der Waals surface area contributed by atoms with Crippen LogP contribution in [-0.4, -0.2) is 55.3 Å². The van der Waals surface area contributed by atoms with Crippen molar-refractivity contribution in [2.45, 2.75) is 24.8 Å². The van der Waals surface area contributed by atoms with Gasteiger partial charge in [-0.05, 0) is 43.7 Å². The zero-order chi connectivity index (χ0) is 21.0. The van der Waals surface area contributed by atoms with E-state index < -0.39 is 14.9 Å². The van der Waals surface area contributed by atoms with Gasteiger partial charge < -0.3 is 4.74 Å². The highest BCUT2D eigenvalue weighted by Crippen LogP contribution is 2.27. The summed E-state index contributed by atoms with van der Waals surface area (Å²) in [5.74, 6) is 0.641. The highest BCUT2D eigenvalue weighted by Gasteiger charge is 2.30. The molecule has 1 heterocycles. The lowest BCUT2D eigenvalue weighted by molar-refractivity contribution is -0.385. The molecule has 1 fully saturated rings. The highest BCUT2D eigenvalue weighted by molar-refractivity contribution is 7.89. The Balaban J connectivity index is 1.66. The first-order chi connectivity index (χ1) is 13.8. The van der Waals surface area contributed by atoms with Crippen molar-refractivity contribution in [1.82, 2.24) is 9.21 Å². The van der Waals surface area contributed by atoms with E-state index in [0.29, 0.717) is 38.5 Å². The molecule has 9 heteroatoms. The number of non-ortho nitro benzene ring substituents is 1. The molecule has 0 amide bonds. The van der Waals surface area contributed by atoms with Gasteiger partial charge in [0.2, 0.25) is 10.0 Å². The zero-order valence-corrected chi connectivity index (χ0v) is 17.3. The molecular weight excluding hydrogens is 394 g/mol. The van der Waals surface area contributed by atoms with E-state index in [9.17, 15) is 18.5 Å². The molecule has 8 nitrogen and oxygen atoms in total. The van der Waals surface area contributed by atoms with Crippen LogP contribution in [0.2, 0.25) is 0 Å². The van der Waals surface area contributed by atoms with Gasteiger partial charge in [-0.1, -0.05) is 12.1 Å². The summed E-state index contributed by atoms with van der Waals surface area (Å²) in [7, 11) is -3.56. The first kappa shape index (κ1) is 21.2. The molecule has 0 radical (unpaired) electrons. The van der Waals surface area contributed by atoms with Crippen LogP contribution in [0.3, 0.4) is 0 Å². The average molecular weight is 420 g/mol. The summed E-state index contributed by atoms with van der Waals surface area (Å²) in [6.45, 7) is 6.23. The van der Waals surface area contributed by atoms with E-state index in [0.717, 1.165) is 5.56 Å². The van der Waals surface area contributed by atoms with Crippen molar-refractivity contribution in [1.29, 1.82) is 0 Å². The molecule has 29 heavy (non-hydrogen) atoms. The fourth-order valence-corrected chi connectivity index (χ4v) is 4.89. The molecule has 0 bridgehead atoms. The number of rotatable bonds is 7. The van der Waals surface area contributed by atoms with E-state index in [1.54, 1.807) is 36.4 Å². The molecule has 0 spiro atoms. The molecular formula is C20H25N3O5S. The van der Waals surface area contributed by atoms with Crippen LogP contribution >= 0.6 is 0 Å². The summed E-state index contributed by atoms with van der Waals surface area (Å²) in [5, 5.41) is 11.0. The first-order valence-electron chi connectivity index (χ1n) is 9.54. The Labute approximate surface area is 170 Å². The summed E-state index contributed by atoms with van der Waals surface area (Å²) in [6.07, 6.45) is 0. The van der Waals surface area contributed by atoms with Crippen LogP contribution in [0, 0.1) is 10.1 Å². The lowest BCUT2D eigenvalue weighted by Crippen LogP contribution is -2.49. The number of ether oxygens (including phenoxy) is 1. The maximum absolute atomic E-state index is 12.9. The fraction of sp³-hybridized carbons (Fsp3) is 0.400. The Hall–Kier alpha value is -2.49. The molecule has 156 valence electrons. The fourth-order valence-electron chi connectivity index (χ4n) is 3.46. The topological polar surface area (TPSA) is 93.0 Å². The third kappa shape index (κ3) is 4.75. The molecule has 0 unspecified atom stereocenters. The van der Waals surface area contributed by atoms with Crippen molar-refractivity contribution >= 4 is 15.7 Å². The minimum Gasteiger partial charge on any atom is -0.494 e. The zero-order valence-electron chi connectivity index (χ0n) is 16.5. The maximum Gasteiger partial charge on any atom is 0.269 e. The second kappa shape index (κ2) is 8.89. The summed E-state index contributed by atoms with van der Waals surface area (Å²) >= 11 is 0. The number of hydrogen-bond acceptors (Lipinski definition) is 6. The Morgan fingerprint density at radius 3 is 2.34 bits per heavy atom. The molecule has 1 saturated heterocycles. The molecule has 3 rings (SSSR count). The highest BCUT2D eigenvalue weighted by atomic mass is 32.2. The van der Waals surface area contributed by atoms with E-state index in [4.69, 9.17) is 4.74 Å². The minimum atomic E-state index is -3.56. The van der Waals surface area contributed by atoms with Crippen LogP contribution in [0.4, 0.5) is 5.69 Å². The smallest absolute Gasteiger partial charge is 0.269 e. The lowest BCUT2D eigenvalue weighted by Gasteiger charge is -2.37. The van der Waals surface area contributed by atoms with Gasteiger partial charge in [-0.25, -0.2) is 8.42 Å². The van der Waals surface area contributed by atoms with E-state index >= 15 is 0 Å². The van der Waals surface area contributed by atoms with Crippen molar-refractivity contribution < 1.29 is 18.1 Å². The minimum absolute atomic E-state index is 0.0368. The molecule has 2 aromatic rings. The van der Waals surface area contributed by atoms with Gasteiger partial charge in [0.25, 0.3) is 5.69 Å². The molecule has 2 aromatic carbocycles. The van der Waals surface area contributed by atoms with Crippen molar-refractivity contribution in [3.05, 3.63) is 64.2 Å². The number of hydrogen-bond donors (Lipinski definition) is 0. The van der Waals surface area contributed by atoms with Crippen molar-refractivity contribution in [2.24, 2.45) is 0 Å². The van der Waals surface area contributed by atoms with Crippen LogP contribution < -0.4 is 4.74 Å². The predicted molar refractivity (Wildman–Crippen MR) is 109 cm³/mol. The number of nitro groups is 1. The van der Waals surface area contributed by atoms with Crippen molar-refractivity contribution in [2.75, 3.05) is 32.8 Å². The molecule has 0 aliphatic carbocycles. The van der Waals surface area contributed by atoms with Gasteiger partial charge in [0.05, 0.1) is 16.4 Å². The van der Waals surface area contributed by atoms with E-state index in [1.807, 2.05) is 19.9 Å². The van der Waals surface area contributed by atoms with Crippen molar-refractivity contribution in [3.63, 3.8) is 0 Å². The quantitative estimate of drug-likeness (QED) is 0.506. The van der Waals surface area contributed by atoms with Gasteiger partial charge in [-0.2, -0.15) is 4.31 Å². The monoisotopic (exact) mass is 419 g/mol. The van der Waals surface area contributed by atoms with Crippen LogP contribution in [0.25, 0.3) is 0 Å². The Morgan fingerprint density at radius 1 is 1.10 bits per heavy atom. The SMILES string of the molecule is CCOc1ccc(S(=O)(=O)N2CCN([C@@H](C)c3cccc([N+](=O)[O-])c3)CC2)cc1. The van der Waals surface area contributed by atoms with Crippen molar-refractivity contribution in [3.8, 4) is 5.75 Å². The Morgan fingerprint density at radius 2 is 1.76 bits per heavy atom. The van der Waals surface area contributed by atoms with Gasteiger partial charge in [0, 0.05) is 44.4 Å². The normalized spacial score (nSPS) is 17.0. The molecule has 1 aliphatic heterocycles. The van der Waals surface area contributed by atoms with E-state index in [1.165, 1.54) is 10.4 Å². The van der Waals surface area contributed by atoms with E-state index in [2.05, 4.69) is 4.90 Å². The average Bonchev–Trinajstić information content (AvgIpc) is 2.74. The number of sulfonamides is 1. The van der Waals surface area contributed by atoms with E-state index in [-0.39, 0.29) is 16.6 Å². The number of nitrogens with zero attached hydrogens (tertiary/aromatic N) is 3. The molecule has 0 N–H and O–H groups in total. The second-order valence-electron chi connectivity index (χ2n) is 6.87. The lowest BCUT2D eigenvalue weighted by atomic mass is 10.1. The van der Waals surface area contributed by atoms with Gasteiger partial charge in [0.1, 0.15) is 5.75 Å². The van der Waals surface area contributed by atoms with Crippen LogP contribution in [0.15, 0.2) is 53.4 Å². The van der Waals surface area contributed by atoms with Gasteiger partial charge in [0.15, 0.2) is 0 Å². The number of benzene rings is 2. The summed E-state index contributed by atoms with van der Waals surface area (Å²) in [6, 6.07) is 13.0. The summed E-state index contributed by atoms with van der Waals surface area (Å²) in [4.78, 5) is 13.0. The Kier molecular flexibility index (Phi) is 6.51. The maximum atomic E-state index is 12.9. The predicted octanol–water partition coefficient (Wildman–Crippen LogP) is 3.06. The first-order valence-corrected chi connectivity index (χ1v) is 11.0. The molecule has 1 atom stereocenters. The third-order valence-electron chi connectivity index (χ3n) is 5.16. The standard InChI is InChI=1S/C20H25N3O5S/c1-3-28-19-7-9-20(10-8-19)29(26,27)22-13-11-21(12-14-22)16(2)17-5-4-6-18(15-17)23(24)25/h4-10,15-16H,3,11-14H2,1-2H3/t16-/m0/s1. The van der Waals surface area contributed by atoms with Crippen LogP contribution in [-0.2, 0) is 10.0 Å². The largest absolute Gasteiger partial charge is 0.494 e. The molecule has 1 aliphatic rings. The van der Waals surface area contributed by atoms with Gasteiger partial charge in [-0.15, -0.1) is 0 Å². The number of piperazine rings is 1. The summed E-state index contributed by atoms with van der Waals surface area (Å²) < 4.78 is 32.7. The van der Waals surface area contributed by atoms with Crippen LogP contribution in [0.1, 0.15) is 25.5 Å². The third-order valence-corrected chi connectivity index (χ3v) is 7.07. The van der Waals surface area contributed by atoms with Gasteiger partial charge in [-0.3, -0.25) is 15.0 Å². The Bertz CT molecular complexity index is 954.